The normalized spacial score (nSPS) is 56.3. The van der Waals surface area contributed by atoms with Crippen LogP contribution in [0.1, 0.15) is 107 Å². The van der Waals surface area contributed by atoms with Gasteiger partial charge in [0, 0.05) is 18.4 Å². The lowest BCUT2D eigenvalue weighted by Crippen LogP contribution is -2.60. The standard InChI is InChI=1S/C33H55NO5/c1-17-16-20(27(29(6,7)37)38-19(3)35)39-25-24(17)30(8)14-15-33-18(2)32(33)13-12-23(34)28(4,5)21(32)10-11-22(33)31(30,9)26(25)36/h17-18,20-27,36-37H,10-16,34H2,1-9H3. The summed E-state index contributed by atoms with van der Waals surface area (Å²) < 4.78 is 12.5. The second-order valence-electron chi connectivity index (χ2n) is 16.7. The number of aliphatic hydroxyl groups excluding tert-OH is 1. The first-order chi connectivity index (χ1) is 17.9. The van der Waals surface area contributed by atoms with E-state index in [0.29, 0.717) is 35.5 Å². The number of fused-ring (bicyclic) bond motifs is 4. The molecule has 0 bridgehead atoms. The van der Waals surface area contributed by atoms with E-state index in [2.05, 4.69) is 41.5 Å². The lowest BCUT2D eigenvalue weighted by molar-refractivity contribution is -0.216. The van der Waals surface area contributed by atoms with Crippen LogP contribution in [0.15, 0.2) is 0 Å². The number of nitrogens with two attached hydrogens (primary N) is 1. The fraction of sp³-hybridized carbons (Fsp3) is 0.970. The zero-order chi connectivity index (χ0) is 28.7. The molecule has 14 atom stereocenters. The third-order valence-electron chi connectivity index (χ3n) is 14.9. The van der Waals surface area contributed by atoms with Gasteiger partial charge in [-0.1, -0.05) is 41.5 Å². The first-order valence-corrected chi connectivity index (χ1v) is 15.9. The van der Waals surface area contributed by atoms with Gasteiger partial charge in [-0.2, -0.15) is 0 Å². The second-order valence-corrected chi connectivity index (χ2v) is 16.7. The van der Waals surface area contributed by atoms with Gasteiger partial charge in [-0.3, -0.25) is 4.79 Å². The molecule has 4 N–H and O–H groups in total. The van der Waals surface area contributed by atoms with Crippen LogP contribution in [0.5, 0.6) is 0 Å². The molecule has 6 fully saturated rings. The van der Waals surface area contributed by atoms with Gasteiger partial charge in [-0.15, -0.1) is 0 Å². The van der Waals surface area contributed by atoms with Gasteiger partial charge in [-0.25, -0.2) is 0 Å². The van der Waals surface area contributed by atoms with Crippen LogP contribution >= 0.6 is 0 Å². The molecule has 6 aliphatic rings. The van der Waals surface area contributed by atoms with Crippen molar-refractivity contribution in [3.63, 3.8) is 0 Å². The minimum absolute atomic E-state index is 0.0278. The van der Waals surface area contributed by atoms with Gasteiger partial charge in [0.25, 0.3) is 0 Å². The first kappa shape index (κ1) is 28.4. The predicted molar refractivity (Wildman–Crippen MR) is 150 cm³/mol. The zero-order valence-electron chi connectivity index (χ0n) is 25.9. The molecule has 5 aliphatic carbocycles. The molecule has 1 saturated heterocycles. The molecule has 1 aliphatic heterocycles. The maximum atomic E-state index is 12.4. The number of ether oxygens (including phenoxy) is 2. The summed E-state index contributed by atoms with van der Waals surface area (Å²) in [4.78, 5) is 12.0. The summed E-state index contributed by atoms with van der Waals surface area (Å²) in [5.41, 5.74) is 6.02. The number of esters is 1. The molecular formula is C33H55NO5. The topological polar surface area (TPSA) is 102 Å². The fourth-order valence-electron chi connectivity index (χ4n) is 13.2. The molecule has 6 heteroatoms. The van der Waals surface area contributed by atoms with Crippen molar-refractivity contribution in [3.8, 4) is 0 Å². The molecular weight excluding hydrogens is 490 g/mol. The average molecular weight is 546 g/mol. The minimum atomic E-state index is -1.24. The molecule has 6 rings (SSSR count). The monoisotopic (exact) mass is 545 g/mol. The van der Waals surface area contributed by atoms with Crippen molar-refractivity contribution in [2.24, 2.45) is 62.4 Å². The number of carbonyl (C=O) groups is 1. The summed E-state index contributed by atoms with van der Waals surface area (Å²) in [7, 11) is 0. The van der Waals surface area contributed by atoms with E-state index in [1.54, 1.807) is 13.8 Å². The summed E-state index contributed by atoms with van der Waals surface area (Å²) >= 11 is 0. The number of carbonyl (C=O) groups excluding carboxylic acids is 1. The molecule has 5 saturated carbocycles. The van der Waals surface area contributed by atoms with E-state index < -0.39 is 29.9 Å². The lowest BCUT2D eigenvalue weighted by atomic mass is 9.41. The van der Waals surface area contributed by atoms with Crippen molar-refractivity contribution in [2.45, 2.75) is 143 Å². The molecule has 6 nitrogen and oxygen atoms in total. The maximum absolute atomic E-state index is 12.4. The Balaban J connectivity index is 1.37. The Hall–Kier alpha value is -0.690. The van der Waals surface area contributed by atoms with Gasteiger partial charge >= 0.3 is 5.97 Å². The molecule has 0 aromatic heterocycles. The Bertz CT molecular complexity index is 1040. The second kappa shape index (κ2) is 8.23. The van der Waals surface area contributed by atoms with Crippen LogP contribution in [0.3, 0.4) is 0 Å². The summed E-state index contributed by atoms with van der Waals surface area (Å²) in [6.45, 7) is 19.3. The average Bonchev–Trinajstić information content (AvgIpc) is 3.30. The molecule has 0 aromatic rings. The lowest BCUT2D eigenvalue weighted by Gasteiger charge is -2.63. The molecule has 1 heterocycles. The fourth-order valence-corrected chi connectivity index (χ4v) is 13.2. The Kier molecular flexibility index (Phi) is 6.00. The van der Waals surface area contributed by atoms with Crippen LogP contribution in [0, 0.1) is 56.7 Å². The quantitative estimate of drug-likeness (QED) is 0.428. The Labute approximate surface area is 236 Å². The van der Waals surface area contributed by atoms with Crippen LogP contribution < -0.4 is 5.73 Å². The van der Waals surface area contributed by atoms with E-state index in [1.807, 2.05) is 0 Å². The largest absolute Gasteiger partial charge is 0.457 e. The van der Waals surface area contributed by atoms with Crippen LogP contribution in [0.2, 0.25) is 0 Å². The highest BCUT2D eigenvalue weighted by Gasteiger charge is 2.87. The molecule has 0 radical (unpaired) electrons. The molecule has 222 valence electrons. The molecule has 39 heavy (non-hydrogen) atoms. The number of rotatable bonds is 3. The van der Waals surface area contributed by atoms with Gasteiger partial charge < -0.3 is 25.4 Å². The third kappa shape index (κ3) is 3.16. The van der Waals surface area contributed by atoms with Gasteiger partial charge in [-0.05, 0) is 110 Å². The third-order valence-corrected chi connectivity index (χ3v) is 14.9. The number of aliphatic hydroxyl groups is 2. The van der Waals surface area contributed by atoms with Gasteiger partial charge in [0.05, 0.1) is 23.9 Å². The Morgan fingerprint density at radius 3 is 2.26 bits per heavy atom. The van der Waals surface area contributed by atoms with Crippen molar-refractivity contribution in [1.29, 1.82) is 0 Å². The smallest absolute Gasteiger partial charge is 0.303 e. The van der Waals surface area contributed by atoms with Crippen LogP contribution in [-0.4, -0.2) is 52.2 Å². The van der Waals surface area contributed by atoms with Crippen molar-refractivity contribution < 1.29 is 24.5 Å². The van der Waals surface area contributed by atoms with Gasteiger partial charge in [0.15, 0.2) is 6.10 Å². The summed E-state index contributed by atoms with van der Waals surface area (Å²) in [6.07, 6.45) is 5.69. The van der Waals surface area contributed by atoms with Crippen molar-refractivity contribution >= 4 is 5.97 Å². The maximum Gasteiger partial charge on any atom is 0.303 e. The minimum Gasteiger partial charge on any atom is -0.457 e. The molecule has 2 spiro atoms. The van der Waals surface area contributed by atoms with Gasteiger partial charge in [0.1, 0.15) is 0 Å². The SMILES string of the molecule is CC(=O)OC(C1CC(C)C2C(O1)C(O)C1(C)C3CCC4C(C)(C)C(N)CCC45C(C)C35CCC21C)C(C)(C)O. The summed E-state index contributed by atoms with van der Waals surface area (Å²) in [5.74, 6) is 1.91. The van der Waals surface area contributed by atoms with E-state index in [1.165, 1.54) is 26.2 Å². The predicted octanol–water partition coefficient (Wildman–Crippen LogP) is 5.08. The van der Waals surface area contributed by atoms with Crippen LogP contribution in [0.4, 0.5) is 0 Å². The van der Waals surface area contributed by atoms with Crippen LogP contribution in [0.25, 0.3) is 0 Å². The highest BCUT2D eigenvalue weighted by Crippen LogP contribution is 2.91. The van der Waals surface area contributed by atoms with Crippen molar-refractivity contribution in [1.82, 2.24) is 0 Å². The van der Waals surface area contributed by atoms with Crippen molar-refractivity contribution in [3.05, 3.63) is 0 Å². The highest BCUT2D eigenvalue weighted by molar-refractivity contribution is 5.66. The van der Waals surface area contributed by atoms with E-state index in [0.717, 1.165) is 19.3 Å². The number of hydrogen-bond donors (Lipinski definition) is 3. The van der Waals surface area contributed by atoms with Gasteiger partial charge in [0.2, 0.25) is 0 Å². The summed E-state index contributed by atoms with van der Waals surface area (Å²) in [6, 6.07) is 0.269. The Morgan fingerprint density at radius 2 is 1.64 bits per heavy atom. The van der Waals surface area contributed by atoms with Crippen LogP contribution in [-0.2, 0) is 14.3 Å². The highest BCUT2D eigenvalue weighted by atomic mass is 16.6. The first-order valence-electron chi connectivity index (χ1n) is 15.9. The molecule has 0 aromatic carbocycles. The van der Waals surface area contributed by atoms with E-state index >= 15 is 0 Å². The van der Waals surface area contributed by atoms with E-state index in [4.69, 9.17) is 15.2 Å². The van der Waals surface area contributed by atoms with E-state index in [-0.39, 0.29) is 39.7 Å². The number of hydrogen-bond acceptors (Lipinski definition) is 6. The van der Waals surface area contributed by atoms with Crippen molar-refractivity contribution in [2.75, 3.05) is 0 Å². The van der Waals surface area contributed by atoms with E-state index in [9.17, 15) is 15.0 Å². The molecule has 0 amide bonds. The Morgan fingerprint density at radius 1 is 1.03 bits per heavy atom. The summed E-state index contributed by atoms with van der Waals surface area (Å²) in [5, 5.41) is 23.4. The zero-order valence-corrected chi connectivity index (χ0v) is 25.9. The molecule has 14 unspecified atom stereocenters.